The number of nitrogens with zero attached hydrogens (tertiary/aromatic N) is 2. The molecule has 0 aliphatic carbocycles. The number of rotatable bonds is 3. The third kappa shape index (κ3) is 5.14. The molecule has 1 aliphatic rings. The van der Waals surface area contributed by atoms with Crippen molar-refractivity contribution in [1.82, 2.24) is 14.9 Å². The topological polar surface area (TPSA) is 31.9 Å². The maximum absolute atomic E-state index is 12.9. The fraction of sp³-hybridized carbons (Fsp3) is 0.261. The van der Waals surface area contributed by atoms with E-state index in [9.17, 15) is 4.39 Å². The lowest BCUT2D eigenvalue weighted by atomic mass is 10.0. The standard InChI is InChI=1S/C15H11FN2.C8H15N/c16-13-3-1-12(2-4-13)15-14(7-10-18-15)11-5-8-17-9-6-11;1-8(2)9-6-4-3-5-7-9/h1-10,18H;3-4,8H,5-7H2,1-2H3. The first-order chi connectivity index (χ1) is 13.1. The molecule has 3 aromatic rings. The van der Waals surface area contributed by atoms with Crippen LogP contribution in [0.5, 0.6) is 0 Å². The van der Waals surface area contributed by atoms with Gasteiger partial charge in [-0.3, -0.25) is 9.88 Å². The number of H-pyrrole nitrogens is 1. The zero-order valence-electron chi connectivity index (χ0n) is 15.9. The van der Waals surface area contributed by atoms with E-state index >= 15 is 0 Å². The van der Waals surface area contributed by atoms with Gasteiger partial charge < -0.3 is 4.98 Å². The van der Waals surface area contributed by atoms with E-state index in [4.69, 9.17) is 0 Å². The zero-order valence-corrected chi connectivity index (χ0v) is 15.9. The molecule has 0 bridgehead atoms. The number of aromatic amines is 1. The SMILES string of the molecule is CC(C)N1CC=CCC1.Fc1ccc(-c2[nH]ccc2-c2ccncc2)cc1. The highest BCUT2D eigenvalue weighted by Crippen LogP contribution is 2.30. The second-order valence-corrected chi connectivity index (χ2v) is 6.86. The third-order valence-corrected chi connectivity index (χ3v) is 4.69. The monoisotopic (exact) mass is 363 g/mol. The summed E-state index contributed by atoms with van der Waals surface area (Å²) in [7, 11) is 0. The van der Waals surface area contributed by atoms with Crippen molar-refractivity contribution in [3.63, 3.8) is 0 Å². The highest BCUT2D eigenvalue weighted by molar-refractivity contribution is 5.80. The van der Waals surface area contributed by atoms with Crippen molar-refractivity contribution in [1.29, 1.82) is 0 Å². The average molecular weight is 363 g/mol. The van der Waals surface area contributed by atoms with Gasteiger partial charge in [-0.1, -0.05) is 12.2 Å². The van der Waals surface area contributed by atoms with E-state index in [1.165, 1.54) is 25.1 Å². The fourth-order valence-corrected chi connectivity index (χ4v) is 3.13. The minimum atomic E-state index is -0.226. The van der Waals surface area contributed by atoms with E-state index in [0.29, 0.717) is 0 Å². The minimum absolute atomic E-state index is 0.226. The van der Waals surface area contributed by atoms with Gasteiger partial charge in [0.25, 0.3) is 0 Å². The summed E-state index contributed by atoms with van der Waals surface area (Å²) in [6, 6.07) is 13.1. The van der Waals surface area contributed by atoms with Crippen molar-refractivity contribution in [3.05, 3.63) is 79.0 Å². The number of hydrogen-bond donors (Lipinski definition) is 1. The van der Waals surface area contributed by atoms with Gasteiger partial charge in [0.1, 0.15) is 5.82 Å². The van der Waals surface area contributed by atoms with Crippen molar-refractivity contribution >= 4 is 0 Å². The summed E-state index contributed by atoms with van der Waals surface area (Å²) in [4.78, 5) is 9.68. The second kappa shape index (κ2) is 9.28. The van der Waals surface area contributed by atoms with E-state index in [1.807, 2.05) is 24.4 Å². The Labute approximate surface area is 160 Å². The first kappa shape index (κ1) is 19.1. The largest absolute Gasteiger partial charge is 0.361 e. The average Bonchev–Trinajstić information content (AvgIpc) is 3.20. The molecule has 0 fully saturated rings. The number of benzene rings is 1. The second-order valence-electron chi connectivity index (χ2n) is 6.86. The Balaban J connectivity index is 0.000000197. The molecule has 0 saturated heterocycles. The molecule has 0 atom stereocenters. The van der Waals surface area contributed by atoms with Gasteiger partial charge in [0.05, 0.1) is 5.69 Å². The maximum atomic E-state index is 12.9. The lowest BCUT2D eigenvalue weighted by molar-refractivity contribution is 0.243. The molecule has 2 aromatic heterocycles. The van der Waals surface area contributed by atoms with Crippen LogP contribution in [-0.4, -0.2) is 34.0 Å². The van der Waals surface area contributed by atoms with Crippen LogP contribution in [0, 0.1) is 5.82 Å². The summed E-state index contributed by atoms with van der Waals surface area (Å²) in [5.74, 6) is -0.226. The van der Waals surface area contributed by atoms with Gasteiger partial charge >= 0.3 is 0 Å². The first-order valence-electron chi connectivity index (χ1n) is 9.38. The number of pyridine rings is 1. The van der Waals surface area contributed by atoms with Crippen molar-refractivity contribution in [2.45, 2.75) is 26.3 Å². The van der Waals surface area contributed by atoms with Crippen LogP contribution in [0.2, 0.25) is 0 Å². The molecule has 27 heavy (non-hydrogen) atoms. The first-order valence-corrected chi connectivity index (χ1v) is 9.38. The Morgan fingerprint density at radius 1 is 0.963 bits per heavy atom. The summed E-state index contributed by atoms with van der Waals surface area (Å²) < 4.78 is 12.9. The van der Waals surface area contributed by atoms with Crippen molar-refractivity contribution in [2.75, 3.05) is 13.1 Å². The smallest absolute Gasteiger partial charge is 0.123 e. The Hall–Kier alpha value is -2.72. The van der Waals surface area contributed by atoms with Crippen LogP contribution < -0.4 is 0 Å². The van der Waals surface area contributed by atoms with Crippen molar-refractivity contribution in [3.8, 4) is 22.4 Å². The molecule has 0 radical (unpaired) electrons. The molecule has 0 spiro atoms. The van der Waals surface area contributed by atoms with Crippen LogP contribution in [0.4, 0.5) is 4.39 Å². The Bertz CT molecular complexity index is 851. The van der Waals surface area contributed by atoms with Crippen LogP contribution in [0.25, 0.3) is 22.4 Å². The highest BCUT2D eigenvalue weighted by Gasteiger charge is 2.09. The molecule has 1 aliphatic heterocycles. The van der Waals surface area contributed by atoms with Crippen LogP contribution in [-0.2, 0) is 0 Å². The quantitative estimate of drug-likeness (QED) is 0.620. The number of aromatic nitrogens is 2. The lowest BCUT2D eigenvalue weighted by Gasteiger charge is -2.26. The van der Waals surface area contributed by atoms with Crippen LogP contribution in [0.1, 0.15) is 20.3 Å². The van der Waals surface area contributed by atoms with Gasteiger partial charge in [0.2, 0.25) is 0 Å². The molecule has 140 valence electrons. The molecular formula is C23H26FN3. The van der Waals surface area contributed by atoms with Gasteiger partial charge in [0, 0.05) is 43.3 Å². The number of hydrogen-bond acceptors (Lipinski definition) is 2. The molecule has 3 heterocycles. The van der Waals surface area contributed by atoms with Crippen LogP contribution in [0.3, 0.4) is 0 Å². The molecule has 3 nitrogen and oxygen atoms in total. The van der Waals surface area contributed by atoms with E-state index < -0.39 is 0 Å². The van der Waals surface area contributed by atoms with Crippen LogP contribution >= 0.6 is 0 Å². The Morgan fingerprint density at radius 3 is 2.30 bits per heavy atom. The highest BCUT2D eigenvalue weighted by atomic mass is 19.1. The van der Waals surface area contributed by atoms with E-state index in [-0.39, 0.29) is 5.82 Å². The fourth-order valence-electron chi connectivity index (χ4n) is 3.13. The van der Waals surface area contributed by atoms with E-state index in [0.717, 1.165) is 35.0 Å². The predicted molar refractivity (Wildman–Crippen MR) is 110 cm³/mol. The van der Waals surface area contributed by atoms with Crippen molar-refractivity contribution in [2.24, 2.45) is 0 Å². The van der Waals surface area contributed by atoms with Gasteiger partial charge in [-0.25, -0.2) is 4.39 Å². The summed E-state index contributed by atoms with van der Waals surface area (Å²) in [6.07, 6.45) is 11.2. The molecule has 0 saturated carbocycles. The normalized spacial score (nSPS) is 14.1. The summed E-state index contributed by atoms with van der Waals surface area (Å²) in [5.41, 5.74) is 4.13. The maximum Gasteiger partial charge on any atom is 0.123 e. The van der Waals surface area contributed by atoms with E-state index in [2.05, 4.69) is 40.9 Å². The minimum Gasteiger partial charge on any atom is -0.361 e. The van der Waals surface area contributed by atoms with Gasteiger partial charge in [-0.15, -0.1) is 0 Å². The number of halogens is 1. The summed E-state index contributed by atoms with van der Waals surface area (Å²) in [5, 5.41) is 0. The van der Waals surface area contributed by atoms with Crippen LogP contribution in [0.15, 0.2) is 73.2 Å². The molecular weight excluding hydrogens is 337 g/mol. The van der Waals surface area contributed by atoms with Gasteiger partial charge in [-0.05, 0) is 73.9 Å². The molecule has 1 aromatic carbocycles. The summed E-state index contributed by atoms with van der Waals surface area (Å²) >= 11 is 0. The van der Waals surface area contributed by atoms with Gasteiger partial charge in [0.15, 0.2) is 0 Å². The predicted octanol–water partition coefficient (Wildman–Crippen LogP) is 5.54. The third-order valence-electron chi connectivity index (χ3n) is 4.69. The van der Waals surface area contributed by atoms with Gasteiger partial charge in [-0.2, -0.15) is 0 Å². The molecule has 1 N–H and O–H groups in total. The zero-order chi connectivity index (χ0) is 19.1. The number of nitrogens with one attached hydrogen (secondary N) is 1. The molecule has 0 amide bonds. The van der Waals surface area contributed by atoms with Crippen molar-refractivity contribution < 1.29 is 4.39 Å². The Kier molecular flexibility index (Phi) is 6.55. The Morgan fingerprint density at radius 2 is 1.70 bits per heavy atom. The molecule has 4 heteroatoms. The molecule has 4 rings (SSSR count). The lowest BCUT2D eigenvalue weighted by Crippen LogP contribution is -2.33. The molecule has 0 unspecified atom stereocenters. The van der Waals surface area contributed by atoms with E-state index in [1.54, 1.807) is 24.5 Å². The summed E-state index contributed by atoms with van der Waals surface area (Å²) in [6.45, 7) is 6.89.